The lowest BCUT2D eigenvalue weighted by atomic mass is 10.3. The van der Waals surface area contributed by atoms with Crippen molar-refractivity contribution >= 4 is 23.2 Å². The van der Waals surface area contributed by atoms with Crippen molar-refractivity contribution < 1.29 is 18.0 Å². The quantitative estimate of drug-likeness (QED) is 0.812. The molecule has 0 unspecified atom stereocenters. The Labute approximate surface area is 152 Å². The molecule has 142 valence electrons. The van der Waals surface area contributed by atoms with Crippen molar-refractivity contribution in [2.24, 2.45) is 0 Å². The average molecular weight is 379 g/mol. The second-order valence-electron chi connectivity index (χ2n) is 5.66. The van der Waals surface area contributed by atoms with Crippen molar-refractivity contribution in [1.82, 2.24) is 24.8 Å². The zero-order chi connectivity index (χ0) is 19.4. The summed E-state index contributed by atoms with van der Waals surface area (Å²) >= 11 is 0. The standard InChI is InChI=1S/C16H16F3N7O/c1-2-12(27)25-5-7-26(8-6-25)14-13(20-3-4-21-14)24-11-9-22-15(23-10-11)16(17,18)19/h2-4,9-10H,1,5-8H2,(H,20,24). The van der Waals surface area contributed by atoms with Crippen molar-refractivity contribution in [2.45, 2.75) is 6.18 Å². The number of aromatic nitrogens is 4. The number of hydrogen-bond donors (Lipinski definition) is 1. The maximum atomic E-state index is 12.6. The Bertz CT molecular complexity index is 818. The zero-order valence-corrected chi connectivity index (χ0v) is 14.1. The van der Waals surface area contributed by atoms with Crippen LogP contribution in [0.1, 0.15) is 5.82 Å². The maximum Gasteiger partial charge on any atom is 0.451 e. The van der Waals surface area contributed by atoms with E-state index in [0.717, 1.165) is 12.4 Å². The first kappa shape index (κ1) is 18.5. The predicted molar refractivity (Wildman–Crippen MR) is 91.3 cm³/mol. The molecule has 0 bridgehead atoms. The number of amides is 1. The number of nitrogens with zero attached hydrogens (tertiary/aromatic N) is 6. The molecule has 1 aliphatic heterocycles. The van der Waals surface area contributed by atoms with E-state index in [1.165, 1.54) is 18.5 Å². The highest BCUT2D eigenvalue weighted by Crippen LogP contribution is 2.28. The lowest BCUT2D eigenvalue weighted by molar-refractivity contribution is -0.145. The van der Waals surface area contributed by atoms with Crippen LogP contribution in [0, 0.1) is 0 Å². The third-order valence-corrected chi connectivity index (χ3v) is 3.91. The number of alkyl halides is 3. The second kappa shape index (κ2) is 7.56. The van der Waals surface area contributed by atoms with Crippen LogP contribution < -0.4 is 10.2 Å². The van der Waals surface area contributed by atoms with Gasteiger partial charge in [-0.05, 0) is 6.08 Å². The molecule has 3 rings (SSSR count). The number of hydrogen-bond acceptors (Lipinski definition) is 7. The SMILES string of the molecule is C=CC(=O)N1CCN(c2nccnc2Nc2cnc(C(F)(F)F)nc2)CC1. The molecule has 0 aromatic carbocycles. The minimum atomic E-state index is -4.60. The van der Waals surface area contributed by atoms with Crippen LogP contribution in [-0.4, -0.2) is 56.9 Å². The molecule has 1 amide bonds. The van der Waals surface area contributed by atoms with E-state index in [1.807, 2.05) is 4.90 Å². The molecule has 2 aromatic rings. The summed E-state index contributed by atoms with van der Waals surface area (Å²) in [6.07, 6.45) is 1.73. The first-order chi connectivity index (χ1) is 12.9. The number of halogens is 3. The summed E-state index contributed by atoms with van der Waals surface area (Å²) in [4.78, 5) is 30.4. The van der Waals surface area contributed by atoms with Crippen LogP contribution in [-0.2, 0) is 11.0 Å². The summed E-state index contributed by atoms with van der Waals surface area (Å²) in [5, 5.41) is 2.89. The van der Waals surface area contributed by atoms with Gasteiger partial charge in [-0.25, -0.2) is 19.9 Å². The number of carbonyl (C=O) groups is 1. The first-order valence-corrected chi connectivity index (χ1v) is 8.02. The molecule has 1 N–H and O–H groups in total. The van der Waals surface area contributed by atoms with E-state index in [2.05, 4.69) is 31.8 Å². The van der Waals surface area contributed by atoms with Gasteiger partial charge in [0, 0.05) is 38.6 Å². The average Bonchev–Trinajstić information content (AvgIpc) is 2.68. The summed E-state index contributed by atoms with van der Waals surface area (Å²) < 4.78 is 37.7. The Morgan fingerprint density at radius 2 is 1.70 bits per heavy atom. The van der Waals surface area contributed by atoms with Crippen LogP contribution >= 0.6 is 0 Å². The van der Waals surface area contributed by atoms with Gasteiger partial charge in [0.2, 0.25) is 11.7 Å². The van der Waals surface area contributed by atoms with Gasteiger partial charge in [0.15, 0.2) is 11.6 Å². The van der Waals surface area contributed by atoms with E-state index in [-0.39, 0.29) is 11.6 Å². The fraction of sp³-hybridized carbons (Fsp3) is 0.312. The van der Waals surface area contributed by atoms with E-state index in [1.54, 1.807) is 4.90 Å². The molecule has 0 saturated carbocycles. The molecule has 1 saturated heterocycles. The van der Waals surface area contributed by atoms with Gasteiger partial charge in [-0.2, -0.15) is 13.2 Å². The number of carbonyl (C=O) groups excluding carboxylic acids is 1. The van der Waals surface area contributed by atoms with Gasteiger partial charge < -0.3 is 15.1 Å². The van der Waals surface area contributed by atoms with Crippen LogP contribution in [0.3, 0.4) is 0 Å². The highest BCUT2D eigenvalue weighted by Gasteiger charge is 2.34. The van der Waals surface area contributed by atoms with Crippen molar-refractivity contribution in [2.75, 3.05) is 36.4 Å². The van der Waals surface area contributed by atoms with Crippen molar-refractivity contribution in [3.63, 3.8) is 0 Å². The van der Waals surface area contributed by atoms with Gasteiger partial charge in [0.1, 0.15) is 0 Å². The Balaban J connectivity index is 1.73. The lowest BCUT2D eigenvalue weighted by Crippen LogP contribution is -2.48. The van der Waals surface area contributed by atoms with Crippen LogP contribution in [0.5, 0.6) is 0 Å². The first-order valence-electron chi connectivity index (χ1n) is 8.02. The molecule has 2 aromatic heterocycles. The van der Waals surface area contributed by atoms with E-state index in [0.29, 0.717) is 37.8 Å². The van der Waals surface area contributed by atoms with E-state index < -0.39 is 12.0 Å². The number of piperazine rings is 1. The fourth-order valence-electron chi connectivity index (χ4n) is 2.59. The fourth-order valence-corrected chi connectivity index (χ4v) is 2.59. The van der Waals surface area contributed by atoms with Crippen molar-refractivity contribution in [3.05, 3.63) is 43.3 Å². The third-order valence-electron chi connectivity index (χ3n) is 3.91. The largest absolute Gasteiger partial charge is 0.451 e. The van der Waals surface area contributed by atoms with Crippen LogP contribution in [0.25, 0.3) is 0 Å². The molecule has 0 atom stereocenters. The van der Waals surface area contributed by atoms with E-state index in [4.69, 9.17) is 0 Å². The van der Waals surface area contributed by atoms with Gasteiger partial charge >= 0.3 is 6.18 Å². The molecular formula is C16H16F3N7O. The Morgan fingerprint density at radius 1 is 1.07 bits per heavy atom. The summed E-state index contributed by atoms with van der Waals surface area (Å²) in [7, 11) is 0. The Kier molecular flexibility index (Phi) is 5.19. The molecule has 1 fully saturated rings. The smallest absolute Gasteiger partial charge is 0.350 e. The van der Waals surface area contributed by atoms with Gasteiger partial charge in [0.25, 0.3) is 0 Å². The molecule has 1 aliphatic rings. The van der Waals surface area contributed by atoms with Crippen LogP contribution in [0.4, 0.5) is 30.5 Å². The van der Waals surface area contributed by atoms with Gasteiger partial charge in [0.05, 0.1) is 18.1 Å². The van der Waals surface area contributed by atoms with Crippen LogP contribution in [0.2, 0.25) is 0 Å². The molecule has 0 aliphatic carbocycles. The number of nitrogens with one attached hydrogen (secondary N) is 1. The summed E-state index contributed by atoms with van der Waals surface area (Å²) in [5.41, 5.74) is 0.255. The van der Waals surface area contributed by atoms with Gasteiger partial charge in [-0.1, -0.05) is 6.58 Å². The zero-order valence-electron chi connectivity index (χ0n) is 14.1. The monoisotopic (exact) mass is 379 g/mol. The summed E-state index contributed by atoms with van der Waals surface area (Å²) in [5.74, 6) is -0.447. The Hall–Kier alpha value is -3.24. The Morgan fingerprint density at radius 3 is 2.30 bits per heavy atom. The normalized spacial score (nSPS) is 14.8. The lowest BCUT2D eigenvalue weighted by Gasteiger charge is -2.35. The van der Waals surface area contributed by atoms with Gasteiger partial charge in [-0.15, -0.1) is 0 Å². The van der Waals surface area contributed by atoms with E-state index >= 15 is 0 Å². The molecule has 3 heterocycles. The molecule has 8 nitrogen and oxygen atoms in total. The summed E-state index contributed by atoms with van der Waals surface area (Å²) in [6.45, 7) is 5.56. The molecular weight excluding hydrogens is 363 g/mol. The van der Waals surface area contributed by atoms with Gasteiger partial charge in [-0.3, -0.25) is 4.79 Å². The predicted octanol–water partition coefficient (Wildman–Crippen LogP) is 1.86. The highest BCUT2D eigenvalue weighted by molar-refractivity contribution is 5.87. The number of anilines is 3. The van der Waals surface area contributed by atoms with Crippen molar-refractivity contribution in [1.29, 1.82) is 0 Å². The van der Waals surface area contributed by atoms with Crippen LogP contribution in [0.15, 0.2) is 37.4 Å². The van der Waals surface area contributed by atoms with Crippen molar-refractivity contribution in [3.8, 4) is 0 Å². The number of rotatable bonds is 4. The molecule has 0 spiro atoms. The summed E-state index contributed by atoms with van der Waals surface area (Å²) in [6, 6.07) is 0. The highest BCUT2D eigenvalue weighted by atomic mass is 19.4. The topological polar surface area (TPSA) is 87.1 Å². The maximum absolute atomic E-state index is 12.6. The molecule has 27 heavy (non-hydrogen) atoms. The van der Waals surface area contributed by atoms with E-state index in [9.17, 15) is 18.0 Å². The molecule has 0 radical (unpaired) electrons. The molecule has 11 heteroatoms. The third kappa shape index (κ3) is 4.30. The minimum absolute atomic E-state index is 0.131. The minimum Gasteiger partial charge on any atom is -0.350 e. The second-order valence-corrected chi connectivity index (χ2v) is 5.66.